The summed E-state index contributed by atoms with van der Waals surface area (Å²) >= 11 is 5.64. The third kappa shape index (κ3) is 3.39. The Balaban J connectivity index is 2.05. The number of rotatable bonds is 4. The van der Waals surface area contributed by atoms with E-state index < -0.39 is 0 Å². The van der Waals surface area contributed by atoms with E-state index in [1.54, 1.807) is 0 Å². The molecule has 2 heterocycles. The fraction of sp³-hybridized carbons (Fsp3) is 0.357. The fourth-order valence-corrected chi connectivity index (χ4v) is 3.35. The number of nitrogens with zero attached hydrogens (tertiary/aromatic N) is 1. The summed E-state index contributed by atoms with van der Waals surface area (Å²) in [7, 11) is 0. The molecule has 0 aromatic carbocycles. The summed E-state index contributed by atoms with van der Waals surface area (Å²) in [6.45, 7) is 4.26. The van der Waals surface area contributed by atoms with Crippen LogP contribution < -0.4 is 0 Å². The van der Waals surface area contributed by atoms with E-state index in [2.05, 4.69) is 59.0 Å². The number of hydrogen-bond acceptors (Lipinski definition) is 2. The zero-order valence-electron chi connectivity index (χ0n) is 10.1. The normalized spacial score (nSPS) is 12.6. The van der Waals surface area contributed by atoms with Crippen molar-refractivity contribution in [1.29, 1.82) is 0 Å². The summed E-state index contributed by atoms with van der Waals surface area (Å²) in [6, 6.07) is 8.67. The van der Waals surface area contributed by atoms with Crippen molar-refractivity contribution >= 4 is 27.3 Å². The van der Waals surface area contributed by atoms with Crippen LogP contribution in [0.3, 0.4) is 0 Å². The standard InChI is InChI=1S/C14H16BrNS/c1-3-12-6-7-14(17-12)13(15)8-11-5-4-10(2)9-16-11/h4-7,9,13H,3,8H2,1-2H3. The molecule has 3 heteroatoms. The molecule has 2 aromatic rings. The van der Waals surface area contributed by atoms with E-state index in [1.165, 1.54) is 15.3 Å². The van der Waals surface area contributed by atoms with Crippen LogP contribution in [-0.4, -0.2) is 4.98 Å². The van der Waals surface area contributed by atoms with Crippen molar-refractivity contribution < 1.29 is 0 Å². The molecule has 0 saturated heterocycles. The van der Waals surface area contributed by atoms with Gasteiger partial charge < -0.3 is 0 Å². The van der Waals surface area contributed by atoms with Gasteiger partial charge in [0.15, 0.2) is 0 Å². The van der Waals surface area contributed by atoms with Crippen molar-refractivity contribution in [3.8, 4) is 0 Å². The molecule has 0 N–H and O–H groups in total. The van der Waals surface area contributed by atoms with Crippen molar-refractivity contribution in [2.24, 2.45) is 0 Å². The topological polar surface area (TPSA) is 12.9 Å². The zero-order valence-corrected chi connectivity index (χ0v) is 12.5. The van der Waals surface area contributed by atoms with Gasteiger partial charge in [-0.25, -0.2) is 0 Å². The number of hydrogen-bond donors (Lipinski definition) is 0. The van der Waals surface area contributed by atoms with E-state index in [0.717, 1.165) is 18.5 Å². The summed E-state index contributed by atoms with van der Waals surface area (Å²) < 4.78 is 0. The minimum absolute atomic E-state index is 0.378. The van der Waals surface area contributed by atoms with E-state index in [-0.39, 0.29) is 0 Å². The van der Waals surface area contributed by atoms with Gasteiger partial charge in [-0.05, 0) is 37.1 Å². The predicted molar refractivity (Wildman–Crippen MR) is 78.0 cm³/mol. The maximum Gasteiger partial charge on any atom is 0.0544 e. The van der Waals surface area contributed by atoms with Crippen molar-refractivity contribution in [2.45, 2.75) is 31.5 Å². The molecule has 0 aliphatic heterocycles. The summed E-state index contributed by atoms with van der Waals surface area (Å²) in [5.74, 6) is 0. The molecule has 0 bridgehead atoms. The molecule has 0 fully saturated rings. The molecule has 0 amide bonds. The van der Waals surface area contributed by atoms with E-state index in [4.69, 9.17) is 0 Å². The van der Waals surface area contributed by atoms with Gasteiger partial charge in [-0.15, -0.1) is 11.3 Å². The Labute approximate surface area is 115 Å². The van der Waals surface area contributed by atoms with E-state index in [1.807, 2.05) is 17.5 Å². The highest BCUT2D eigenvalue weighted by molar-refractivity contribution is 9.09. The summed E-state index contributed by atoms with van der Waals surface area (Å²) in [5, 5.41) is 0. The van der Waals surface area contributed by atoms with Crippen LogP contribution in [0.15, 0.2) is 30.5 Å². The number of aromatic nitrogens is 1. The Morgan fingerprint density at radius 3 is 2.71 bits per heavy atom. The highest BCUT2D eigenvalue weighted by Gasteiger charge is 2.11. The average Bonchev–Trinajstić information content (AvgIpc) is 2.81. The van der Waals surface area contributed by atoms with Crippen LogP contribution in [-0.2, 0) is 12.8 Å². The number of thiophene rings is 1. The van der Waals surface area contributed by atoms with Gasteiger partial charge in [0.2, 0.25) is 0 Å². The average molecular weight is 310 g/mol. The van der Waals surface area contributed by atoms with Crippen LogP contribution >= 0.6 is 27.3 Å². The molecule has 2 rings (SSSR count). The summed E-state index contributed by atoms with van der Waals surface area (Å²) in [4.78, 5) is 7.66. The maximum atomic E-state index is 4.45. The largest absolute Gasteiger partial charge is 0.261 e. The van der Waals surface area contributed by atoms with Crippen molar-refractivity contribution in [3.05, 3.63) is 51.5 Å². The van der Waals surface area contributed by atoms with Gasteiger partial charge in [-0.1, -0.05) is 28.9 Å². The van der Waals surface area contributed by atoms with Crippen LogP contribution in [0.25, 0.3) is 0 Å². The second-order valence-corrected chi connectivity index (χ2v) is 6.46. The highest BCUT2D eigenvalue weighted by Crippen LogP contribution is 2.32. The Hall–Kier alpha value is -0.670. The minimum Gasteiger partial charge on any atom is -0.261 e. The van der Waals surface area contributed by atoms with Crippen molar-refractivity contribution in [3.63, 3.8) is 0 Å². The Kier molecular flexibility index (Phi) is 4.35. The maximum absolute atomic E-state index is 4.45. The van der Waals surface area contributed by atoms with Crippen LogP contribution in [0.4, 0.5) is 0 Å². The molecule has 1 atom stereocenters. The van der Waals surface area contributed by atoms with Crippen LogP contribution in [0.5, 0.6) is 0 Å². The molecule has 0 aliphatic carbocycles. The Bertz CT molecular complexity index is 475. The first-order valence-electron chi connectivity index (χ1n) is 5.83. The van der Waals surface area contributed by atoms with Crippen LogP contribution in [0, 0.1) is 6.92 Å². The minimum atomic E-state index is 0.378. The van der Waals surface area contributed by atoms with Gasteiger partial charge in [0.05, 0.1) is 4.83 Å². The van der Waals surface area contributed by atoms with E-state index in [0.29, 0.717) is 4.83 Å². The van der Waals surface area contributed by atoms with Crippen LogP contribution in [0.2, 0.25) is 0 Å². The Morgan fingerprint density at radius 1 is 1.29 bits per heavy atom. The molecule has 1 unspecified atom stereocenters. The summed E-state index contributed by atoms with van der Waals surface area (Å²) in [5.41, 5.74) is 2.35. The number of aryl methyl sites for hydroxylation is 2. The third-order valence-electron chi connectivity index (χ3n) is 2.70. The summed E-state index contributed by atoms with van der Waals surface area (Å²) in [6.07, 6.45) is 4.00. The quantitative estimate of drug-likeness (QED) is 0.746. The lowest BCUT2D eigenvalue weighted by atomic mass is 10.2. The molecule has 0 radical (unpaired) electrons. The molecule has 1 nitrogen and oxygen atoms in total. The van der Waals surface area contributed by atoms with Gasteiger partial charge in [0.1, 0.15) is 0 Å². The molecule has 0 spiro atoms. The number of pyridine rings is 1. The second-order valence-electron chi connectivity index (χ2n) is 4.16. The lowest BCUT2D eigenvalue weighted by Gasteiger charge is -2.07. The van der Waals surface area contributed by atoms with Gasteiger partial charge in [0.25, 0.3) is 0 Å². The molecule has 0 saturated carbocycles. The van der Waals surface area contributed by atoms with Crippen LogP contribution in [0.1, 0.15) is 32.8 Å². The molecular formula is C14H16BrNS. The van der Waals surface area contributed by atoms with E-state index >= 15 is 0 Å². The zero-order chi connectivity index (χ0) is 12.3. The lowest BCUT2D eigenvalue weighted by Crippen LogP contribution is -1.95. The van der Waals surface area contributed by atoms with Gasteiger partial charge in [0, 0.05) is 28.1 Å². The second kappa shape index (κ2) is 5.78. The molecule has 90 valence electrons. The lowest BCUT2D eigenvalue weighted by molar-refractivity contribution is 0.917. The van der Waals surface area contributed by atoms with E-state index in [9.17, 15) is 0 Å². The first-order chi connectivity index (χ1) is 8.19. The first kappa shape index (κ1) is 12.8. The van der Waals surface area contributed by atoms with Gasteiger partial charge in [-0.2, -0.15) is 0 Å². The smallest absolute Gasteiger partial charge is 0.0544 e. The highest BCUT2D eigenvalue weighted by atomic mass is 79.9. The molecule has 0 aliphatic rings. The Morgan fingerprint density at radius 2 is 2.12 bits per heavy atom. The van der Waals surface area contributed by atoms with Gasteiger partial charge in [-0.3, -0.25) is 4.98 Å². The molecule has 17 heavy (non-hydrogen) atoms. The van der Waals surface area contributed by atoms with Crippen molar-refractivity contribution in [1.82, 2.24) is 4.98 Å². The third-order valence-corrected chi connectivity index (χ3v) is 5.16. The fourth-order valence-electron chi connectivity index (χ4n) is 1.66. The predicted octanol–water partition coefficient (Wildman–Crippen LogP) is 4.69. The monoisotopic (exact) mass is 309 g/mol. The first-order valence-corrected chi connectivity index (χ1v) is 7.56. The molecule has 2 aromatic heterocycles. The number of halogens is 1. The van der Waals surface area contributed by atoms with Gasteiger partial charge >= 0.3 is 0 Å². The number of alkyl halides is 1. The SMILES string of the molecule is CCc1ccc(C(Br)Cc2ccc(C)cn2)s1. The molecular weight excluding hydrogens is 294 g/mol. The van der Waals surface area contributed by atoms with Crippen molar-refractivity contribution in [2.75, 3.05) is 0 Å².